The number of piperidine rings is 3. The molecule has 3 aliphatic heterocycles. The van der Waals surface area contributed by atoms with Gasteiger partial charge < -0.3 is 9.80 Å². The minimum absolute atomic E-state index is 0.742. The first-order chi connectivity index (χ1) is 11.5. The van der Waals surface area contributed by atoms with Crippen molar-refractivity contribution in [2.75, 3.05) is 32.7 Å². The van der Waals surface area contributed by atoms with Gasteiger partial charge in [0.25, 0.3) is 0 Å². The van der Waals surface area contributed by atoms with E-state index in [1.165, 1.54) is 45.6 Å². The van der Waals surface area contributed by atoms with Crippen molar-refractivity contribution in [3.63, 3.8) is 0 Å². The summed E-state index contributed by atoms with van der Waals surface area (Å²) in [6.45, 7) is 16.5. The second-order valence-electron chi connectivity index (χ2n) is 10.4. The van der Waals surface area contributed by atoms with Crippen molar-refractivity contribution in [2.45, 2.75) is 65.8 Å². The average molecular weight is 333 g/mol. The maximum absolute atomic E-state index is 2.86. The Morgan fingerprint density at radius 2 is 1.46 bits per heavy atom. The Bertz CT molecular complexity index is 406. The SMILES string of the molecule is CC(C)C1CC(C2C3CC2CN(CC2CCN(C(C)C)CC2)C3)C1. The normalized spacial score (nSPS) is 41.5. The van der Waals surface area contributed by atoms with Crippen LogP contribution >= 0.6 is 0 Å². The van der Waals surface area contributed by atoms with Gasteiger partial charge in [-0.15, -0.1) is 0 Å². The van der Waals surface area contributed by atoms with Gasteiger partial charge >= 0.3 is 0 Å². The molecule has 2 heteroatoms. The number of hydrogen-bond acceptors (Lipinski definition) is 2. The standard InChI is InChI=1S/C22H40N2/c1-15(2)18-9-19(10-18)22-20-11-21(22)14-23(13-20)12-17-5-7-24(8-6-17)16(3)4/h15-22H,5-14H2,1-4H3. The molecule has 3 saturated heterocycles. The van der Waals surface area contributed by atoms with Crippen molar-refractivity contribution in [1.29, 1.82) is 0 Å². The highest BCUT2D eigenvalue weighted by atomic mass is 15.2. The third kappa shape index (κ3) is 3.30. The van der Waals surface area contributed by atoms with Crippen LogP contribution in [0.1, 0.15) is 59.8 Å². The van der Waals surface area contributed by atoms with E-state index in [0.717, 1.165) is 47.5 Å². The van der Waals surface area contributed by atoms with E-state index in [2.05, 4.69) is 37.5 Å². The number of hydrogen-bond donors (Lipinski definition) is 0. The molecular formula is C22H40N2. The van der Waals surface area contributed by atoms with Crippen LogP contribution in [0, 0.1) is 41.4 Å². The minimum atomic E-state index is 0.742. The summed E-state index contributed by atoms with van der Waals surface area (Å²) in [4.78, 5) is 5.53. The summed E-state index contributed by atoms with van der Waals surface area (Å²) in [6.07, 6.45) is 7.56. The first kappa shape index (κ1) is 17.3. The molecule has 0 radical (unpaired) electrons. The third-order valence-corrected chi connectivity index (χ3v) is 8.27. The van der Waals surface area contributed by atoms with Crippen LogP contribution in [-0.2, 0) is 0 Å². The Morgan fingerprint density at radius 3 is 2.00 bits per heavy atom. The maximum Gasteiger partial charge on any atom is 0.00385 e. The summed E-state index contributed by atoms with van der Waals surface area (Å²) in [5, 5.41) is 0. The van der Waals surface area contributed by atoms with Gasteiger partial charge in [-0.1, -0.05) is 13.8 Å². The van der Waals surface area contributed by atoms with Crippen LogP contribution in [0.4, 0.5) is 0 Å². The predicted molar refractivity (Wildman–Crippen MR) is 102 cm³/mol. The van der Waals surface area contributed by atoms with Crippen molar-refractivity contribution >= 4 is 0 Å². The maximum atomic E-state index is 2.86. The van der Waals surface area contributed by atoms with Crippen LogP contribution in [0.2, 0.25) is 0 Å². The molecule has 0 amide bonds. The molecule has 0 spiro atoms. The van der Waals surface area contributed by atoms with E-state index in [0.29, 0.717) is 0 Å². The molecule has 0 aromatic rings. The molecule has 2 unspecified atom stereocenters. The summed E-state index contributed by atoms with van der Waals surface area (Å²) in [5.74, 6) is 7.32. The molecule has 0 N–H and O–H groups in total. The van der Waals surface area contributed by atoms with E-state index in [1.54, 1.807) is 19.3 Å². The van der Waals surface area contributed by atoms with Crippen molar-refractivity contribution in [1.82, 2.24) is 9.80 Å². The van der Waals surface area contributed by atoms with Gasteiger partial charge in [-0.3, -0.25) is 0 Å². The highest BCUT2D eigenvalue weighted by molar-refractivity contribution is 5.03. The first-order valence-corrected chi connectivity index (χ1v) is 11.0. The summed E-state index contributed by atoms with van der Waals surface area (Å²) < 4.78 is 0. The van der Waals surface area contributed by atoms with Gasteiger partial charge in [0, 0.05) is 25.7 Å². The topological polar surface area (TPSA) is 6.48 Å². The van der Waals surface area contributed by atoms with E-state index < -0.39 is 0 Å². The fraction of sp³-hybridized carbons (Fsp3) is 1.00. The molecule has 5 aliphatic rings. The van der Waals surface area contributed by atoms with Gasteiger partial charge in [-0.25, -0.2) is 0 Å². The molecule has 138 valence electrons. The van der Waals surface area contributed by atoms with Crippen LogP contribution in [0.15, 0.2) is 0 Å². The lowest BCUT2D eigenvalue weighted by Crippen LogP contribution is -2.59. The van der Waals surface area contributed by atoms with E-state index >= 15 is 0 Å². The predicted octanol–water partition coefficient (Wildman–Crippen LogP) is 4.36. The van der Waals surface area contributed by atoms with Gasteiger partial charge in [-0.2, -0.15) is 0 Å². The molecule has 2 nitrogen and oxygen atoms in total. The molecule has 24 heavy (non-hydrogen) atoms. The summed E-state index contributed by atoms with van der Waals surface area (Å²) in [6, 6.07) is 0.742. The third-order valence-electron chi connectivity index (χ3n) is 8.27. The Balaban J connectivity index is 1.20. The van der Waals surface area contributed by atoms with Gasteiger partial charge in [0.15, 0.2) is 0 Å². The fourth-order valence-corrected chi connectivity index (χ4v) is 6.53. The van der Waals surface area contributed by atoms with Gasteiger partial charge in [0.2, 0.25) is 0 Å². The molecule has 0 aromatic heterocycles. The highest BCUT2D eigenvalue weighted by Crippen LogP contribution is 2.56. The zero-order valence-electron chi connectivity index (χ0n) is 16.6. The van der Waals surface area contributed by atoms with Gasteiger partial charge in [0.05, 0.1) is 0 Å². The molecule has 2 bridgehead atoms. The zero-order chi connectivity index (χ0) is 16.8. The van der Waals surface area contributed by atoms with E-state index in [-0.39, 0.29) is 0 Å². The Morgan fingerprint density at radius 1 is 0.833 bits per heavy atom. The molecule has 2 saturated carbocycles. The smallest absolute Gasteiger partial charge is 0.00385 e. The zero-order valence-corrected chi connectivity index (χ0v) is 16.6. The molecule has 3 heterocycles. The second-order valence-corrected chi connectivity index (χ2v) is 10.4. The number of nitrogens with zero attached hydrogens (tertiary/aromatic N) is 2. The first-order valence-electron chi connectivity index (χ1n) is 11.0. The quantitative estimate of drug-likeness (QED) is 0.738. The lowest BCUT2D eigenvalue weighted by atomic mass is 9.50. The molecule has 5 rings (SSSR count). The van der Waals surface area contributed by atoms with E-state index in [9.17, 15) is 0 Å². The van der Waals surface area contributed by atoms with Crippen LogP contribution in [0.3, 0.4) is 0 Å². The summed E-state index contributed by atoms with van der Waals surface area (Å²) >= 11 is 0. The highest BCUT2D eigenvalue weighted by Gasteiger charge is 2.52. The van der Waals surface area contributed by atoms with E-state index in [4.69, 9.17) is 0 Å². The Labute approximate surface area is 150 Å². The van der Waals surface area contributed by atoms with Crippen molar-refractivity contribution in [2.24, 2.45) is 41.4 Å². The molecule has 0 aromatic carbocycles. The minimum Gasteiger partial charge on any atom is -0.302 e. The molecular weight excluding hydrogens is 292 g/mol. The fourth-order valence-electron chi connectivity index (χ4n) is 6.53. The van der Waals surface area contributed by atoms with Crippen LogP contribution in [0.25, 0.3) is 0 Å². The number of rotatable bonds is 5. The monoisotopic (exact) mass is 332 g/mol. The van der Waals surface area contributed by atoms with Crippen molar-refractivity contribution in [3.8, 4) is 0 Å². The van der Waals surface area contributed by atoms with Crippen LogP contribution in [0.5, 0.6) is 0 Å². The average Bonchev–Trinajstić information content (AvgIpc) is 2.50. The van der Waals surface area contributed by atoms with Gasteiger partial charge in [-0.05, 0) is 100 Å². The summed E-state index contributed by atoms with van der Waals surface area (Å²) in [7, 11) is 0. The van der Waals surface area contributed by atoms with Gasteiger partial charge in [0.1, 0.15) is 0 Å². The number of likely N-dealkylation sites (tertiary alicyclic amines) is 1. The molecule has 2 atom stereocenters. The lowest BCUT2D eigenvalue weighted by Gasteiger charge is -2.60. The van der Waals surface area contributed by atoms with Crippen molar-refractivity contribution < 1.29 is 0 Å². The Kier molecular flexibility index (Phi) is 4.99. The largest absolute Gasteiger partial charge is 0.302 e. The van der Waals surface area contributed by atoms with E-state index in [1.807, 2.05) is 0 Å². The van der Waals surface area contributed by atoms with Crippen LogP contribution < -0.4 is 0 Å². The second kappa shape index (κ2) is 6.91. The Hall–Kier alpha value is -0.0800. The molecule has 5 fully saturated rings. The van der Waals surface area contributed by atoms with Crippen molar-refractivity contribution in [3.05, 3.63) is 0 Å². The van der Waals surface area contributed by atoms with Crippen LogP contribution in [-0.4, -0.2) is 48.6 Å². The lowest BCUT2D eigenvalue weighted by molar-refractivity contribution is -0.110. The molecule has 2 aliphatic carbocycles. The number of fused-ring (bicyclic) bond motifs is 2. The summed E-state index contributed by atoms with van der Waals surface area (Å²) in [5.41, 5.74) is 0.